The summed E-state index contributed by atoms with van der Waals surface area (Å²) in [6.45, 7) is 3.11. The molecule has 1 N–H and O–H groups in total. The smallest absolute Gasteiger partial charge is 0.244 e. The van der Waals surface area contributed by atoms with Crippen LogP contribution < -0.4 is 5.48 Å². The molecule has 4 heteroatoms. The van der Waals surface area contributed by atoms with Gasteiger partial charge in [0.2, 0.25) is 5.91 Å². The summed E-state index contributed by atoms with van der Waals surface area (Å²) in [5.74, 6) is -0.0487. The van der Waals surface area contributed by atoms with E-state index in [2.05, 4.69) is 76.9 Å². The molecule has 1 aromatic heterocycles. The Morgan fingerprint density at radius 3 is 2.26 bits per heavy atom. The lowest BCUT2D eigenvalue weighted by Gasteiger charge is -2.17. The van der Waals surface area contributed by atoms with Crippen LogP contribution >= 0.6 is 0 Å². The largest absolute Gasteiger partial charge is 0.343 e. The zero-order valence-electron chi connectivity index (χ0n) is 17.8. The summed E-state index contributed by atoms with van der Waals surface area (Å²) in [6.07, 6.45) is 3.38. The van der Waals surface area contributed by atoms with Crippen molar-refractivity contribution in [2.75, 3.05) is 6.61 Å². The molecular formula is C27H28N2O2. The fourth-order valence-electron chi connectivity index (χ4n) is 4.12. The second-order valence-corrected chi connectivity index (χ2v) is 7.76. The quantitative estimate of drug-likeness (QED) is 0.370. The molecule has 1 unspecified atom stereocenters. The van der Waals surface area contributed by atoms with Gasteiger partial charge in [-0.2, -0.15) is 0 Å². The third kappa shape index (κ3) is 5.22. The Hall–Kier alpha value is -3.37. The summed E-state index contributed by atoms with van der Waals surface area (Å²) < 4.78 is 2.29. The molecule has 0 aliphatic rings. The van der Waals surface area contributed by atoms with Crippen molar-refractivity contribution in [1.82, 2.24) is 10.0 Å². The summed E-state index contributed by atoms with van der Waals surface area (Å²) in [6, 6.07) is 29.3. The van der Waals surface area contributed by atoms with Gasteiger partial charge in [0.1, 0.15) is 0 Å². The van der Waals surface area contributed by atoms with E-state index < -0.39 is 0 Å². The van der Waals surface area contributed by atoms with Gasteiger partial charge in [-0.3, -0.25) is 9.63 Å². The van der Waals surface area contributed by atoms with E-state index in [4.69, 9.17) is 4.84 Å². The maximum Gasteiger partial charge on any atom is 0.244 e. The summed E-state index contributed by atoms with van der Waals surface area (Å²) in [4.78, 5) is 17.7. The number of amides is 1. The van der Waals surface area contributed by atoms with E-state index >= 15 is 0 Å². The third-order valence-corrected chi connectivity index (χ3v) is 5.54. The molecule has 0 bridgehead atoms. The average molecular weight is 413 g/mol. The van der Waals surface area contributed by atoms with Crippen molar-refractivity contribution < 1.29 is 9.63 Å². The first-order valence-electron chi connectivity index (χ1n) is 10.8. The minimum atomic E-state index is -0.0947. The van der Waals surface area contributed by atoms with Crippen LogP contribution in [0.1, 0.15) is 36.0 Å². The molecule has 0 saturated heterocycles. The minimum Gasteiger partial charge on any atom is -0.343 e. The fourth-order valence-corrected chi connectivity index (χ4v) is 4.12. The number of benzene rings is 3. The molecule has 158 valence electrons. The lowest BCUT2D eigenvalue weighted by Crippen LogP contribution is -2.25. The van der Waals surface area contributed by atoms with Crippen LogP contribution in [0, 0.1) is 0 Å². The molecule has 0 saturated carbocycles. The monoisotopic (exact) mass is 412 g/mol. The molecule has 0 aliphatic carbocycles. The molecule has 31 heavy (non-hydrogen) atoms. The van der Waals surface area contributed by atoms with Gasteiger partial charge in [0, 0.05) is 30.1 Å². The summed E-state index contributed by atoms with van der Waals surface area (Å²) in [7, 11) is 0. The highest BCUT2D eigenvalue weighted by Gasteiger charge is 2.21. The van der Waals surface area contributed by atoms with E-state index in [9.17, 15) is 4.79 Å². The van der Waals surface area contributed by atoms with Gasteiger partial charge < -0.3 is 4.57 Å². The van der Waals surface area contributed by atoms with Gasteiger partial charge in [-0.1, -0.05) is 78.9 Å². The number of hydroxylamine groups is 1. The number of fused-ring (bicyclic) bond motifs is 1. The van der Waals surface area contributed by atoms with Crippen LogP contribution in [0.4, 0.5) is 0 Å². The molecular weight excluding hydrogens is 384 g/mol. The van der Waals surface area contributed by atoms with E-state index in [1.165, 1.54) is 27.6 Å². The zero-order chi connectivity index (χ0) is 21.5. The second kappa shape index (κ2) is 10.1. The second-order valence-electron chi connectivity index (χ2n) is 7.76. The number of hydrogen-bond donors (Lipinski definition) is 1. The molecule has 0 spiro atoms. The minimum absolute atomic E-state index is 0.0461. The Morgan fingerprint density at radius 1 is 0.903 bits per heavy atom. The molecule has 0 radical (unpaired) electrons. The maximum atomic E-state index is 12.6. The number of hydrogen-bond acceptors (Lipinski definition) is 2. The summed E-state index contributed by atoms with van der Waals surface area (Å²) in [5.41, 5.74) is 7.42. The molecule has 1 heterocycles. The topological polar surface area (TPSA) is 43.3 Å². The highest BCUT2D eigenvalue weighted by atomic mass is 16.6. The average Bonchev–Trinajstić information content (AvgIpc) is 3.17. The lowest BCUT2D eigenvalue weighted by atomic mass is 9.89. The van der Waals surface area contributed by atoms with Crippen LogP contribution in [-0.2, 0) is 22.6 Å². The predicted molar refractivity (Wildman–Crippen MR) is 125 cm³/mol. The number of carbonyl (C=O) groups excluding carboxylic acids is 1. The van der Waals surface area contributed by atoms with Gasteiger partial charge in [0.25, 0.3) is 0 Å². The standard InChI is InChI=1S/C27H28N2O2/c1-2-31-28-27(30)18-23(17-21-11-5-3-6-12-21)25-20-29(19-22-13-7-4-8-14-22)26-16-10-9-15-24(25)26/h3-16,20,23H,2,17-19H2,1H3,(H,28,30). The number of aromatic nitrogens is 1. The molecule has 1 amide bonds. The first-order chi connectivity index (χ1) is 15.2. The fraction of sp³-hybridized carbons (Fsp3) is 0.222. The lowest BCUT2D eigenvalue weighted by molar-refractivity contribution is -0.133. The van der Waals surface area contributed by atoms with Crippen molar-refractivity contribution in [2.45, 2.75) is 32.2 Å². The van der Waals surface area contributed by atoms with E-state index in [-0.39, 0.29) is 11.8 Å². The van der Waals surface area contributed by atoms with Crippen LogP contribution in [0.3, 0.4) is 0 Å². The van der Waals surface area contributed by atoms with Crippen molar-refractivity contribution in [3.05, 3.63) is 108 Å². The predicted octanol–water partition coefficient (Wildman–Crippen LogP) is 5.47. The zero-order valence-corrected chi connectivity index (χ0v) is 17.8. The molecule has 1 atom stereocenters. The van der Waals surface area contributed by atoms with Crippen molar-refractivity contribution in [2.24, 2.45) is 0 Å². The molecule has 0 fully saturated rings. The van der Waals surface area contributed by atoms with Crippen LogP contribution in [0.15, 0.2) is 91.1 Å². The van der Waals surface area contributed by atoms with Crippen molar-refractivity contribution >= 4 is 16.8 Å². The number of nitrogens with one attached hydrogen (secondary N) is 1. The Morgan fingerprint density at radius 2 is 1.55 bits per heavy atom. The van der Waals surface area contributed by atoms with E-state index in [0.29, 0.717) is 13.0 Å². The van der Waals surface area contributed by atoms with Gasteiger partial charge in [0.05, 0.1) is 6.61 Å². The van der Waals surface area contributed by atoms with Crippen molar-refractivity contribution in [1.29, 1.82) is 0 Å². The normalized spacial score (nSPS) is 12.0. The molecule has 0 aliphatic heterocycles. The summed E-state index contributed by atoms with van der Waals surface area (Å²) in [5, 5.41) is 1.20. The Bertz CT molecular complexity index is 1120. The van der Waals surface area contributed by atoms with Crippen molar-refractivity contribution in [3.8, 4) is 0 Å². The van der Waals surface area contributed by atoms with Crippen molar-refractivity contribution in [3.63, 3.8) is 0 Å². The highest BCUT2D eigenvalue weighted by Crippen LogP contribution is 2.33. The first kappa shape index (κ1) is 20.9. The maximum absolute atomic E-state index is 12.6. The third-order valence-electron chi connectivity index (χ3n) is 5.54. The number of para-hydroxylation sites is 1. The van der Waals surface area contributed by atoms with E-state index in [0.717, 1.165) is 13.0 Å². The molecule has 4 rings (SSSR count). The van der Waals surface area contributed by atoms with Crippen LogP contribution in [0.2, 0.25) is 0 Å². The Labute approximate surface area is 183 Å². The van der Waals surface area contributed by atoms with Gasteiger partial charge >= 0.3 is 0 Å². The number of carbonyl (C=O) groups is 1. The molecule has 4 nitrogen and oxygen atoms in total. The highest BCUT2D eigenvalue weighted by molar-refractivity contribution is 5.86. The summed E-state index contributed by atoms with van der Waals surface area (Å²) >= 11 is 0. The first-order valence-corrected chi connectivity index (χ1v) is 10.8. The van der Waals surface area contributed by atoms with Crippen LogP contribution in [-0.4, -0.2) is 17.1 Å². The van der Waals surface area contributed by atoms with E-state index in [1.807, 2.05) is 31.2 Å². The van der Waals surface area contributed by atoms with Crippen LogP contribution in [0.5, 0.6) is 0 Å². The molecule has 3 aromatic carbocycles. The SMILES string of the molecule is CCONC(=O)CC(Cc1ccccc1)c1cn(Cc2ccccc2)c2ccccc12. The molecule has 4 aromatic rings. The van der Waals surface area contributed by atoms with Gasteiger partial charge in [-0.05, 0) is 42.0 Å². The van der Waals surface area contributed by atoms with Gasteiger partial charge in [-0.15, -0.1) is 0 Å². The van der Waals surface area contributed by atoms with Gasteiger partial charge in [-0.25, -0.2) is 5.48 Å². The number of rotatable bonds is 9. The number of nitrogens with zero attached hydrogens (tertiary/aromatic N) is 1. The Kier molecular flexibility index (Phi) is 6.80. The van der Waals surface area contributed by atoms with Crippen LogP contribution in [0.25, 0.3) is 10.9 Å². The van der Waals surface area contributed by atoms with E-state index in [1.54, 1.807) is 0 Å². The van der Waals surface area contributed by atoms with Gasteiger partial charge in [0.15, 0.2) is 0 Å². The Balaban J connectivity index is 1.71.